The van der Waals surface area contributed by atoms with Gasteiger partial charge in [-0.25, -0.2) is 4.79 Å². The Balaban J connectivity index is 1.61. The van der Waals surface area contributed by atoms with E-state index in [1.807, 2.05) is 62.4 Å². The first-order valence-corrected chi connectivity index (χ1v) is 10.5. The lowest BCUT2D eigenvalue weighted by molar-refractivity contribution is -0.119. The molecule has 6 heteroatoms. The van der Waals surface area contributed by atoms with E-state index in [0.29, 0.717) is 5.69 Å². The quantitative estimate of drug-likeness (QED) is 0.514. The summed E-state index contributed by atoms with van der Waals surface area (Å²) in [6.07, 6.45) is 0.954. The number of aryl methyl sites for hydroxylation is 2. The second-order valence-electron chi connectivity index (χ2n) is 7.34. The van der Waals surface area contributed by atoms with Crippen molar-refractivity contribution in [3.63, 3.8) is 0 Å². The molecule has 0 saturated carbocycles. The molecule has 0 heterocycles. The molecular formula is C26H26N2O4. The molecule has 2 N–H and O–H groups in total. The van der Waals surface area contributed by atoms with Gasteiger partial charge < -0.3 is 15.4 Å². The predicted molar refractivity (Wildman–Crippen MR) is 125 cm³/mol. The van der Waals surface area contributed by atoms with Crippen LogP contribution in [0.5, 0.6) is 0 Å². The molecule has 3 rings (SSSR count). The van der Waals surface area contributed by atoms with E-state index in [4.69, 9.17) is 4.74 Å². The van der Waals surface area contributed by atoms with Gasteiger partial charge in [0.1, 0.15) is 0 Å². The number of carbonyl (C=O) groups excluding carboxylic acids is 3. The molecule has 0 radical (unpaired) electrons. The van der Waals surface area contributed by atoms with Crippen molar-refractivity contribution in [3.8, 4) is 0 Å². The molecule has 0 aliphatic rings. The molecule has 164 valence electrons. The van der Waals surface area contributed by atoms with Crippen molar-refractivity contribution < 1.29 is 19.1 Å². The third-order valence-corrected chi connectivity index (χ3v) is 4.97. The summed E-state index contributed by atoms with van der Waals surface area (Å²) in [7, 11) is 0. The molecule has 0 unspecified atom stereocenters. The van der Waals surface area contributed by atoms with Crippen LogP contribution in [-0.4, -0.2) is 24.4 Å². The van der Waals surface area contributed by atoms with E-state index in [2.05, 4.69) is 10.6 Å². The Kier molecular flexibility index (Phi) is 7.75. The minimum Gasteiger partial charge on any atom is -0.452 e. The van der Waals surface area contributed by atoms with E-state index in [1.54, 1.807) is 24.3 Å². The summed E-state index contributed by atoms with van der Waals surface area (Å²) in [6, 6.07) is 21.7. The van der Waals surface area contributed by atoms with E-state index >= 15 is 0 Å². The van der Waals surface area contributed by atoms with Crippen molar-refractivity contribution in [2.24, 2.45) is 0 Å². The van der Waals surface area contributed by atoms with Crippen molar-refractivity contribution in [2.45, 2.75) is 26.7 Å². The molecule has 6 nitrogen and oxygen atoms in total. The van der Waals surface area contributed by atoms with Crippen LogP contribution < -0.4 is 10.6 Å². The fourth-order valence-corrected chi connectivity index (χ4v) is 3.33. The number of rotatable bonds is 8. The van der Waals surface area contributed by atoms with E-state index in [0.717, 1.165) is 28.8 Å². The molecule has 0 spiro atoms. The van der Waals surface area contributed by atoms with E-state index in [-0.39, 0.29) is 17.9 Å². The van der Waals surface area contributed by atoms with Crippen LogP contribution in [0, 0.1) is 6.92 Å². The van der Waals surface area contributed by atoms with Crippen molar-refractivity contribution in [1.82, 2.24) is 0 Å². The largest absolute Gasteiger partial charge is 0.452 e. The highest BCUT2D eigenvalue weighted by molar-refractivity contribution is 6.03. The standard InChI is InChI=1S/C26H26N2O4/c1-3-20-13-9-10-18(2)25(20)28-24(30)17-32-26(31)21-14-7-8-15-22(21)27-23(29)16-19-11-5-4-6-12-19/h4-15H,3,16-17H2,1-2H3,(H,27,29)(H,28,30). The van der Waals surface area contributed by atoms with E-state index in [9.17, 15) is 14.4 Å². The Bertz CT molecular complexity index is 1110. The second-order valence-corrected chi connectivity index (χ2v) is 7.34. The topological polar surface area (TPSA) is 84.5 Å². The van der Waals surface area contributed by atoms with E-state index in [1.165, 1.54) is 0 Å². The highest BCUT2D eigenvalue weighted by atomic mass is 16.5. The third kappa shape index (κ3) is 6.04. The Morgan fingerprint density at radius 2 is 1.53 bits per heavy atom. The molecule has 0 aliphatic carbocycles. The molecule has 0 aromatic heterocycles. The molecule has 0 bridgehead atoms. The number of carbonyl (C=O) groups is 3. The zero-order chi connectivity index (χ0) is 22.9. The summed E-state index contributed by atoms with van der Waals surface area (Å²) in [5.74, 6) is -1.36. The molecule has 0 saturated heterocycles. The van der Waals surface area contributed by atoms with Gasteiger partial charge in [0.2, 0.25) is 5.91 Å². The SMILES string of the molecule is CCc1cccc(C)c1NC(=O)COC(=O)c1ccccc1NC(=O)Cc1ccccc1. The van der Waals surface area contributed by atoms with Crippen LogP contribution in [0.15, 0.2) is 72.8 Å². The second kappa shape index (κ2) is 10.9. The van der Waals surface area contributed by atoms with Gasteiger partial charge in [-0.2, -0.15) is 0 Å². The van der Waals surface area contributed by atoms with Crippen LogP contribution in [0.2, 0.25) is 0 Å². The molecule has 0 atom stereocenters. The first-order chi connectivity index (χ1) is 15.5. The lowest BCUT2D eigenvalue weighted by atomic mass is 10.1. The molecule has 3 aromatic rings. The number of ether oxygens (including phenoxy) is 1. The lowest BCUT2D eigenvalue weighted by Crippen LogP contribution is -2.23. The lowest BCUT2D eigenvalue weighted by Gasteiger charge is -2.14. The Labute approximate surface area is 187 Å². The van der Waals surface area contributed by atoms with Crippen LogP contribution in [-0.2, 0) is 27.2 Å². The zero-order valence-corrected chi connectivity index (χ0v) is 18.2. The molecule has 0 aliphatic heterocycles. The first-order valence-electron chi connectivity index (χ1n) is 10.5. The van der Waals surface area contributed by atoms with Gasteiger partial charge in [-0.3, -0.25) is 9.59 Å². The molecule has 32 heavy (non-hydrogen) atoms. The summed E-state index contributed by atoms with van der Waals surface area (Å²) in [5.41, 5.74) is 4.08. The third-order valence-electron chi connectivity index (χ3n) is 4.97. The number of amides is 2. The van der Waals surface area contributed by atoms with Crippen molar-refractivity contribution >= 4 is 29.2 Å². The fourth-order valence-electron chi connectivity index (χ4n) is 3.33. The van der Waals surface area contributed by atoms with Crippen LogP contribution in [0.4, 0.5) is 11.4 Å². The van der Waals surface area contributed by atoms with Crippen molar-refractivity contribution in [3.05, 3.63) is 95.1 Å². The normalized spacial score (nSPS) is 10.3. The first kappa shape index (κ1) is 22.7. The summed E-state index contributed by atoms with van der Waals surface area (Å²) in [4.78, 5) is 37.4. The monoisotopic (exact) mass is 430 g/mol. The van der Waals surface area contributed by atoms with Gasteiger partial charge in [-0.1, -0.05) is 67.6 Å². The van der Waals surface area contributed by atoms with E-state index < -0.39 is 18.5 Å². The summed E-state index contributed by atoms with van der Waals surface area (Å²) >= 11 is 0. The molecular weight excluding hydrogens is 404 g/mol. The summed E-state index contributed by atoms with van der Waals surface area (Å²) in [5, 5.41) is 5.57. The highest BCUT2D eigenvalue weighted by Crippen LogP contribution is 2.21. The van der Waals surface area contributed by atoms with Gasteiger partial charge in [-0.15, -0.1) is 0 Å². The van der Waals surface area contributed by atoms with Gasteiger partial charge in [0, 0.05) is 5.69 Å². The Morgan fingerprint density at radius 1 is 0.812 bits per heavy atom. The summed E-state index contributed by atoms with van der Waals surface area (Å²) in [6.45, 7) is 3.49. The van der Waals surface area contributed by atoms with Gasteiger partial charge >= 0.3 is 5.97 Å². The number of hydrogen-bond donors (Lipinski definition) is 2. The van der Waals surface area contributed by atoms with Crippen molar-refractivity contribution in [1.29, 1.82) is 0 Å². The van der Waals surface area contributed by atoms with Gasteiger partial charge in [0.15, 0.2) is 6.61 Å². The number of benzene rings is 3. The van der Waals surface area contributed by atoms with Crippen LogP contribution in [0.25, 0.3) is 0 Å². The van der Waals surface area contributed by atoms with Gasteiger partial charge in [-0.05, 0) is 42.2 Å². The Morgan fingerprint density at radius 3 is 2.28 bits per heavy atom. The van der Waals surface area contributed by atoms with Crippen molar-refractivity contribution in [2.75, 3.05) is 17.2 Å². The highest BCUT2D eigenvalue weighted by Gasteiger charge is 2.17. The summed E-state index contributed by atoms with van der Waals surface area (Å²) < 4.78 is 5.21. The number of para-hydroxylation sites is 2. The van der Waals surface area contributed by atoms with Crippen LogP contribution in [0.3, 0.4) is 0 Å². The minimum atomic E-state index is -0.684. The maximum Gasteiger partial charge on any atom is 0.340 e. The maximum absolute atomic E-state index is 12.6. The number of nitrogens with one attached hydrogen (secondary N) is 2. The van der Waals surface area contributed by atoms with Gasteiger partial charge in [0.25, 0.3) is 5.91 Å². The fraction of sp³-hybridized carbons (Fsp3) is 0.192. The predicted octanol–water partition coefficient (Wildman–Crippen LogP) is 4.53. The molecule has 2 amide bonds. The number of hydrogen-bond acceptors (Lipinski definition) is 4. The number of anilines is 2. The molecule has 3 aromatic carbocycles. The van der Waals surface area contributed by atoms with Crippen LogP contribution in [0.1, 0.15) is 34.0 Å². The number of esters is 1. The maximum atomic E-state index is 12.6. The molecule has 0 fully saturated rings. The van der Waals surface area contributed by atoms with Gasteiger partial charge in [0.05, 0.1) is 17.7 Å². The zero-order valence-electron chi connectivity index (χ0n) is 18.2. The average molecular weight is 431 g/mol. The average Bonchev–Trinajstić information content (AvgIpc) is 2.79. The smallest absolute Gasteiger partial charge is 0.340 e. The Hall–Kier alpha value is -3.93. The minimum absolute atomic E-state index is 0.183. The van der Waals surface area contributed by atoms with Crippen LogP contribution >= 0.6 is 0 Å².